The Morgan fingerprint density at radius 1 is 1.05 bits per heavy atom. The van der Waals surface area contributed by atoms with Crippen molar-refractivity contribution in [2.75, 3.05) is 5.73 Å². The molecule has 0 radical (unpaired) electrons. The fourth-order valence-corrected chi connectivity index (χ4v) is 2.26. The molecule has 0 amide bonds. The first-order valence-electron chi connectivity index (χ1n) is 6.18. The van der Waals surface area contributed by atoms with E-state index in [0.717, 1.165) is 22.9 Å². The molecule has 1 aromatic heterocycles. The van der Waals surface area contributed by atoms with Crippen molar-refractivity contribution in [1.29, 1.82) is 0 Å². The van der Waals surface area contributed by atoms with Crippen molar-refractivity contribution in [3.63, 3.8) is 0 Å². The molecule has 1 heterocycles. The molecular weight excluding hydrogens is 260 g/mol. The Kier molecular flexibility index (Phi) is 2.71. The van der Waals surface area contributed by atoms with Crippen LogP contribution in [0.25, 0.3) is 16.7 Å². The topological polar surface area (TPSA) is 43.8 Å². The lowest BCUT2D eigenvalue weighted by molar-refractivity contribution is 0.590. The molecule has 0 saturated carbocycles. The van der Waals surface area contributed by atoms with E-state index in [1.807, 2.05) is 32.0 Å². The molecule has 0 saturated heterocycles. The predicted molar refractivity (Wildman–Crippen MR) is 74.9 cm³/mol. The van der Waals surface area contributed by atoms with E-state index in [9.17, 15) is 8.78 Å². The Labute approximate surface area is 114 Å². The minimum absolute atomic E-state index is 0.0714. The second-order valence-corrected chi connectivity index (χ2v) is 4.83. The largest absolute Gasteiger partial charge is 0.369 e. The summed E-state index contributed by atoms with van der Waals surface area (Å²) in [6.07, 6.45) is 0. The standard InChI is InChI=1S/C15H13F2N3/c1-8-3-4-11(5-9(8)2)20-13-7-10(16)6-12(17)14(13)19-15(20)18/h3-7H,1-2H3,(H2,18,19). The smallest absolute Gasteiger partial charge is 0.206 e. The van der Waals surface area contributed by atoms with Gasteiger partial charge in [0.25, 0.3) is 0 Å². The van der Waals surface area contributed by atoms with Crippen molar-refractivity contribution in [2.24, 2.45) is 0 Å². The number of imidazole rings is 1. The average molecular weight is 273 g/mol. The van der Waals surface area contributed by atoms with Gasteiger partial charge < -0.3 is 5.73 Å². The first-order valence-corrected chi connectivity index (χ1v) is 6.18. The molecule has 20 heavy (non-hydrogen) atoms. The molecule has 2 aromatic carbocycles. The van der Waals surface area contributed by atoms with Crippen LogP contribution in [0.15, 0.2) is 30.3 Å². The second kappa shape index (κ2) is 4.30. The number of anilines is 1. The zero-order valence-electron chi connectivity index (χ0n) is 11.1. The van der Waals surface area contributed by atoms with Gasteiger partial charge in [-0.15, -0.1) is 0 Å². The molecule has 5 heteroatoms. The molecular formula is C15H13F2N3. The summed E-state index contributed by atoms with van der Waals surface area (Å²) in [5.41, 5.74) is 9.19. The Morgan fingerprint density at radius 2 is 1.80 bits per heavy atom. The highest BCUT2D eigenvalue weighted by Gasteiger charge is 2.15. The number of aromatic nitrogens is 2. The molecule has 0 spiro atoms. The first kappa shape index (κ1) is 12.6. The lowest BCUT2D eigenvalue weighted by atomic mass is 10.1. The van der Waals surface area contributed by atoms with Gasteiger partial charge >= 0.3 is 0 Å². The maximum absolute atomic E-state index is 13.7. The van der Waals surface area contributed by atoms with E-state index >= 15 is 0 Å². The van der Waals surface area contributed by atoms with Gasteiger partial charge in [0.05, 0.1) is 5.52 Å². The van der Waals surface area contributed by atoms with Crippen LogP contribution in [0.3, 0.4) is 0 Å². The summed E-state index contributed by atoms with van der Waals surface area (Å²) in [6, 6.07) is 7.74. The van der Waals surface area contributed by atoms with Crippen LogP contribution in [0.5, 0.6) is 0 Å². The minimum atomic E-state index is -0.714. The van der Waals surface area contributed by atoms with E-state index in [4.69, 9.17) is 5.73 Å². The highest BCUT2D eigenvalue weighted by atomic mass is 19.1. The highest BCUT2D eigenvalue weighted by molar-refractivity contribution is 5.81. The van der Waals surface area contributed by atoms with Crippen molar-refractivity contribution < 1.29 is 8.78 Å². The van der Waals surface area contributed by atoms with Crippen molar-refractivity contribution >= 4 is 17.0 Å². The van der Waals surface area contributed by atoms with Crippen LogP contribution in [0.1, 0.15) is 11.1 Å². The zero-order valence-corrected chi connectivity index (χ0v) is 11.1. The molecule has 102 valence electrons. The van der Waals surface area contributed by atoms with Gasteiger partial charge in [-0.25, -0.2) is 13.8 Å². The fourth-order valence-electron chi connectivity index (χ4n) is 2.26. The molecule has 0 fully saturated rings. The number of nitrogen functional groups attached to an aromatic ring is 1. The summed E-state index contributed by atoms with van der Waals surface area (Å²) in [5.74, 6) is -1.23. The van der Waals surface area contributed by atoms with Crippen LogP contribution >= 0.6 is 0 Å². The Morgan fingerprint density at radius 3 is 2.50 bits per heavy atom. The zero-order chi connectivity index (χ0) is 14.4. The monoisotopic (exact) mass is 273 g/mol. The molecule has 0 atom stereocenters. The van der Waals surface area contributed by atoms with E-state index < -0.39 is 11.6 Å². The van der Waals surface area contributed by atoms with E-state index in [0.29, 0.717) is 5.52 Å². The number of fused-ring (bicyclic) bond motifs is 1. The molecule has 3 nitrogen and oxygen atoms in total. The van der Waals surface area contributed by atoms with Crippen molar-refractivity contribution in [2.45, 2.75) is 13.8 Å². The molecule has 0 aliphatic carbocycles. The van der Waals surface area contributed by atoms with Gasteiger partial charge in [0.1, 0.15) is 11.3 Å². The predicted octanol–water partition coefficient (Wildman–Crippen LogP) is 3.50. The van der Waals surface area contributed by atoms with Crippen LogP contribution < -0.4 is 5.73 Å². The summed E-state index contributed by atoms with van der Waals surface area (Å²) < 4.78 is 28.7. The molecule has 0 aliphatic heterocycles. The van der Waals surface area contributed by atoms with Crippen molar-refractivity contribution in [1.82, 2.24) is 9.55 Å². The van der Waals surface area contributed by atoms with Gasteiger partial charge in [0.15, 0.2) is 5.82 Å². The molecule has 0 aliphatic rings. The van der Waals surface area contributed by atoms with Crippen molar-refractivity contribution in [3.8, 4) is 5.69 Å². The summed E-state index contributed by atoms with van der Waals surface area (Å²) in [7, 11) is 0. The third kappa shape index (κ3) is 1.82. The summed E-state index contributed by atoms with van der Waals surface area (Å²) in [5, 5.41) is 0. The van der Waals surface area contributed by atoms with Gasteiger partial charge in [0.2, 0.25) is 5.95 Å². The SMILES string of the molecule is Cc1ccc(-n2c(N)nc3c(F)cc(F)cc32)cc1C. The number of aryl methyl sites for hydroxylation is 2. The summed E-state index contributed by atoms with van der Waals surface area (Å²) in [4.78, 5) is 3.98. The minimum Gasteiger partial charge on any atom is -0.369 e. The number of benzene rings is 2. The molecule has 2 N–H and O–H groups in total. The first-order chi connectivity index (χ1) is 9.47. The van der Waals surface area contributed by atoms with Gasteiger partial charge in [0, 0.05) is 17.8 Å². The number of nitrogens with zero attached hydrogens (tertiary/aromatic N) is 2. The molecule has 0 unspecified atom stereocenters. The Hall–Kier alpha value is -2.43. The third-order valence-corrected chi connectivity index (χ3v) is 3.45. The van der Waals surface area contributed by atoms with Gasteiger partial charge in [-0.1, -0.05) is 6.07 Å². The fraction of sp³-hybridized carbons (Fsp3) is 0.133. The van der Waals surface area contributed by atoms with Gasteiger partial charge in [-0.05, 0) is 37.1 Å². The number of nitrogens with two attached hydrogens (primary N) is 1. The molecule has 0 bridgehead atoms. The van der Waals surface area contributed by atoms with E-state index in [2.05, 4.69) is 4.98 Å². The number of hydrogen-bond donors (Lipinski definition) is 1. The summed E-state index contributed by atoms with van der Waals surface area (Å²) >= 11 is 0. The lowest BCUT2D eigenvalue weighted by Crippen LogP contribution is -2.01. The molecule has 3 aromatic rings. The van der Waals surface area contributed by atoms with E-state index in [1.54, 1.807) is 4.57 Å². The van der Waals surface area contributed by atoms with Crippen LogP contribution in [0.4, 0.5) is 14.7 Å². The highest BCUT2D eigenvalue weighted by Crippen LogP contribution is 2.26. The molecule has 3 rings (SSSR count). The third-order valence-electron chi connectivity index (χ3n) is 3.45. The van der Waals surface area contributed by atoms with Crippen LogP contribution in [-0.2, 0) is 0 Å². The maximum atomic E-state index is 13.7. The maximum Gasteiger partial charge on any atom is 0.206 e. The Bertz CT molecular complexity index is 822. The van der Waals surface area contributed by atoms with Crippen LogP contribution in [0, 0.1) is 25.5 Å². The number of hydrogen-bond acceptors (Lipinski definition) is 2. The van der Waals surface area contributed by atoms with Crippen LogP contribution in [0.2, 0.25) is 0 Å². The summed E-state index contributed by atoms with van der Waals surface area (Å²) in [6.45, 7) is 3.96. The van der Waals surface area contributed by atoms with Crippen LogP contribution in [-0.4, -0.2) is 9.55 Å². The number of halogens is 2. The van der Waals surface area contributed by atoms with E-state index in [1.165, 1.54) is 6.07 Å². The number of rotatable bonds is 1. The second-order valence-electron chi connectivity index (χ2n) is 4.83. The van der Waals surface area contributed by atoms with Gasteiger partial charge in [-0.3, -0.25) is 4.57 Å². The van der Waals surface area contributed by atoms with Crippen molar-refractivity contribution in [3.05, 3.63) is 53.1 Å². The van der Waals surface area contributed by atoms with Gasteiger partial charge in [-0.2, -0.15) is 0 Å². The lowest BCUT2D eigenvalue weighted by Gasteiger charge is -2.09. The quantitative estimate of drug-likeness (QED) is 0.737. The Balaban J connectivity index is 2.35. The van der Waals surface area contributed by atoms with E-state index in [-0.39, 0.29) is 11.5 Å². The average Bonchev–Trinajstić information content (AvgIpc) is 2.70. The normalized spacial score (nSPS) is 11.2.